The predicted molar refractivity (Wildman–Crippen MR) is 69.8 cm³/mol. The Kier molecular flexibility index (Phi) is 4.45. The summed E-state index contributed by atoms with van der Waals surface area (Å²) < 4.78 is 5.61. The molecule has 0 aromatic carbocycles. The zero-order chi connectivity index (χ0) is 13.9. The molecule has 0 saturated carbocycles. The van der Waals surface area contributed by atoms with E-state index in [0.29, 0.717) is 25.9 Å². The van der Waals surface area contributed by atoms with Crippen molar-refractivity contribution < 1.29 is 19.4 Å². The van der Waals surface area contributed by atoms with Crippen LogP contribution in [0.3, 0.4) is 0 Å². The first-order valence-electron chi connectivity index (χ1n) is 7.14. The van der Waals surface area contributed by atoms with Gasteiger partial charge in [-0.25, -0.2) is 0 Å². The fraction of sp³-hybridized carbons (Fsp3) is 0.857. The summed E-state index contributed by atoms with van der Waals surface area (Å²) in [5, 5.41) is 9.15. The van der Waals surface area contributed by atoms with Gasteiger partial charge < -0.3 is 14.7 Å². The van der Waals surface area contributed by atoms with Crippen LogP contribution in [0.1, 0.15) is 45.4 Å². The first-order chi connectivity index (χ1) is 9.01. The quantitative estimate of drug-likeness (QED) is 0.843. The van der Waals surface area contributed by atoms with Crippen LogP contribution < -0.4 is 0 Å². The van der Waals surface area contributed by atoms with Gasteiger partial charge in [-0.2, -0.15) is 0 Å². The van der Waals surface area contributed by atoms with Crippen molar-refractivity contribution in [3.63, 3.8) is 0 Å². The van der Waals surface area contributed by atoms with Crippen LogP contribution in [0.4, 0.5) is 0 Å². The largest absolute Gasteiger partial charge is 0.481 e. The summed E-state index contributed by atoms with van der Waals surface area (Å²) in [4.78, 5) is 24.9. The van der Waals surface area contributed by atoms with Crippen molar-refractivity contribution >= 4 is 11.9 Å². The summed E-state index contributed by atoms with van der Waals surface area (Å²) in [5.74, 6) is -0.738. The fourth-order valence-electron chi connectivity index (χ4n) is 2.83. The van der Waals surface area contributed by atoms with Gasteiger partial charge in [0, 0.05) is 26.1 Å². The van der Waals surface area contributed by atoms with Crippen LogP contribution in [0.5, 0.6) is 0 Å². The van der Waals surface area contributed by atoms with E-state index in [4.69, 9.17) is 9.84 Å². The number of nitrogens with zero attached hydrogens (tertiary/aromatic N) is 1. The number of hydrogen-bond acceptors (Lipinski definition) is 3. The van der Waals surface area contributed by atoms with Crippen LogP contribution in [0.15, 0.2) is 0 Å². The van der Waals surface area contributed by atoms with Crippen molar-refractivity contribution in [2.75, 3.05) is 19.7 Å². The van der Waals surface area contributed by atoms with E-state index in [9.17, 15) is 9.59 Å². The van der Waals surface area contributed by atoms with Gasteiger partial charge in [0.05, 0.1) is 11.5 Å². The lowest BCUT2D eigenvalue weighted by molar-refractivity contribution is -0.147. The molecular weight excluding hydrogens is 246 g/mol. The first-order valence-corrected chi connectivity index (χ1v) is 7.14. The van der Waals surface area contributed by atoms with Gasteiger partial charge in [-0.15, -0.1) is 0 Å². The molecule has 0 aromatic rings. The lowest BCUT2D eigenvalue weighted by atomic mass is 9.90. The number of ether oxygens (including phenoxy) is 1. The Morgan fingerprint density at radius 3 is 2.79 bits per heavy atom. The SMILES string of the molecule is C[C@]1(C(=O)O)CCN(C(=O)CC[C@H]2CCCCO2)C1. The molecule has 2 atom stereocenters. The standard InChI is InChI=1S/C14H23NO4/c1-14(13(17)18)7-8-15(10-14)12(16)6-5-11-4-2-3-9-19-11/h11H,2-10H2,1H3,(H,17,18)/t11-,14+/m1/s1. The average Bonchev–Trinajstić information content (AvgIpc) is 2.81. The van der Waals surface area contributed by atoms with Crippen LogP contribution in [0.25, 0.3) is 0 Å². The van der Waals surface area contributed by atoms with Crippen molar-refractivity contribution in [3.8, 4) is 0 Å². The molecule has 2 rings (SSSR count). The molecule has 0 radical (unpaired) electrons. The highest BCUT2D eigenvalue weighted by molar-refractivity contribution is 5.80. The Morgan fingerprint density at radius 1 is 1.42 bits per heavy atom. The Labute approximate surface area is 113 Å². The molecule has 1 N–H and O–H groups in total. The zero-order valence-corrected chi connectivity index (χ0v) is 11.6. The van der Waals surface area contributed by atoms with Gasteiger partial charge in [0.1, 0.15) is 0 Å². The topological polar surface area (TPSA) is 66.8 Å². The molecule has 5 heteroatoms. The first kappa shape index (κ1) is 14.3. The van der Waals surface area contributed by atoms with Gasteiger partial charge in [-0.1, -0.05) is 0 Å². The van der Waals surface area contributed by atoms with Crippen LogP contribution in [0.2, 0.25) is 0 Å². The molecule has 5 nitrogen and oxygen atoms in total. The zero-order valence-electron chi connectivity index (χ0n) is 11.6. The van der Waals surface area contributed by atoms with Gasteiger partial charge in [-0.3, -0.25) is 9.59 Å². The second kappa shape index (κ2) is 5.90. The van der Waals surface area contributed by atoms with Crippen LogP contribution in [-0.4, -0.2) is 47.7 Å². The normalized spacial score (nSPS) is 31.4. The van der Waals surface area contributed by atoms with E-state index in [1.54, 1.807) is 11.8 Å². The summed E-state index contributed by atoms with van der Waals surface area (Å²) in [6.45, 7) is 3.42. The number of carboxylic acids is 1. The van der Waals surface area contributed by atoms with Crippen LogP contribution in [0, 0.1) is 5.41 Å². The third-order valence-corrected chi connectivity index (χ3v) is 4.30. The molecule has 2 fully saturated rings. The van der Waals surface area contributed by atoms with E-state index < -0.39 is 11.4 Å². The molecule has 2 saturated heterocycles. The molecule has 0 unspecified atom stereocenters. The van der Waals surface area contributed by atoms with Crippen molar-refractivity contribution in [2.24, 2.45) is 5.41 Å². The van der Waals surface area contributed by atoms with E-state index in [-0.39, 0.29) is 12.0 Å². The smallest absolute Gasteiger partial charge is 0.311 e. The second-order valence-corrected chi connectivity index (χ2v) is 5.96. The van der Waals surface area contributed by atoms with E-state index in [1.165, 1.54) is 6.42 Å². The minimum atomic E-state index is -0.807. The molecule has 0 aromatic heterocycles. The van der Waals surface area contributed by atoms with Crippen molar-refractivity contribution in [1.29, 1.82) is 0 Å². The molecule has 1 amide bonds. The maximum Gasteiger partial charge on any atom is 0.311 e. The maximum atomic E-state index is 12.1. The number of rotatable bonds is 4. The second-order valence-electron chi connectivity index (χ2n) is 5.96. The fourth-order valence-corrected chi connectivity index (χ4v) is 2.83. The number of carbonyl (C=O) groups excluding carboxylic acids is 1. The van der Waals surface area contributed by atoms with E-state index in [2.05, 4.69) is 0 Å². The van der Waals surface area contributed by atoms with Gasteiger partial charge in [0.15, 0.2) is 0 Å². The molecule has 0 bridgehead atoms. The minimum Gasteiger partial charge on any atom is -0.481 e. The predicted octanol–water partition coefficient (Wildman–Crippen LogP) is 1.66. The monoisotopic (exact) mass is 269 g/mol. The van der Waals surface area contributed by atoms with Crippen molar-refractivity contribution in [1.82, 2.24) is 4.90 Å². The molecule has 2 heterocycles. The van der Waals surface area contributed by atoms with Gasteiger partial charge in [0.25, 0.3) is 0 Å². The Morgan fingerprint density at radius 2 is 2.21 bits per heavy atom. The molecular formula is C14H23NO4. The summed E-state index contributed by atoms with van der Waals surface area (Å²) in [5.41, 5.74) is -0.767. The molecule has 0 aliphatic carbocycles. The third-order valence-electron chi connectivity index (χ3n) is 4.30. The number of hydrogen-bond donors (Lipinski definition) is 1. The highest BCUT2D eigenvalue weighted by Gasteiger charge is 2.41. The summed E-state index contributed by atoms with van der Waals surface area (Å²) in [6, 6.07) is 0. The van der Waals surface area contributed by atoms with Crippen molar-refractivity contribution in [3.05, 3.63) is 0 Å². The molecule has 0 spiro atoms. The molecule has 2 aliphatic heterocycles. The minimum absolute atomic E-state index is 0.0687. The molecule has 19 heavy (non-hydrogen) atoms. The lowest BCUT2D eigenvalue weighted by Crippen LogP contribution is -2.35. The highest BCUT2D eigenvalue weighted by atomic mass is 16.5. The maximum absolute atomic E-state index is 12.1. The number of likely N-dealkylation sites (tertiary alicyclic amines) is 1. The van der Waals surface area contributed by atoms with E-state index in [0.717, 1.165) is 25.9 Å². The number of carbonyl (C=O) groups is 2. The van der Waals surface area contributed by atoms with E-state index in [1.807, 2.05) is 0 Å². The lowest BCUT2D eigenvalue weighted by Gasteiger charge is -2.24. The van der Waals surface area contributed by atoms with Gasteiger partial charge >= 0.3 is 5.97 Å². The summed E-state index contributed by atoms with van der Waals surface area (Å²) in [6.07, 6.45) is 5.34. The van der Waals surface area contributed by atoms with Crippen LogP contribution in [-0.2, 0) is 14.3 Å². The molecule has 108 valence electrons. The summed E-state index contributed by atoms with van der Waals surface area (Å²) >= 11 is 0. The van der Waals surface area contributed by atoms with Crippen molar-refractivity contribution in [2.45, 2.75) is 51.6 Å². The summed E-state index contributed by atoms with van der Waals surface area (Å²) in [7, 11) is 0. The Balaban J connectivity index is 1.76. The van der Waals surface area contributed by atoms with Gasteiger partial charge in [-0.05, 0) is 39.0 Å². The number of amides is 1. The Hall–Kier alpha value is -1.10. The average molecular weight is 269 g/mol. The molecule has 2 aliphatic rings. The highest BCUT2D eigenvalue weighted by Crippen LogP contribution is 2.30. The van der Waals surface area contributed by atoms with E-state index >= 15 is 0 Å². The number of carboxylic acid groups (broad SMARTS) is 1. The Bertz CT molecular complexity index is 351. The third kappa shape index (κ3) is 3.47. The van der Waals surface area contributed by atoms with Gasteiger partial charge in [0.2, 0.25) is 5.91 Å². The van der Waals surface area contributed by atoms with Crippen LogP contribution >= 0.6 is 0 Å². The number of aliphatic carboxylic acids is 1.